The van der Waals surface area contributed by atoms with Crippen LogP contribution in [0.25, 0.3) is 11.1 Å². The number of alkyl halides is 1. The van der Waals surface area contributed by atoms with E-state index >= 15 is 0 Å². The van der Waals surface area contributed by atoms with Crippen LogP contribution in [-0.4, -0.2) is 6.86 Å². The molecule has 0 aliphatic heterocycles. The highest BCUT2D eigenvalue weighted by Crippen LogP contribution is 2.38. The van der Waals surface area contributed by atoms with Gasteiger partial charge in [-0.25, -0.2) is 13.2 Å². The Morgan fingerprint density at radius 3 is 2.11 bits per heavy atom. The highest BCUT2D eigenvalue weighted by atomic mass is 19.1. The third-order valence-corrected chi connectivity index (χ3v) is 5.73. The van der Waals surface area contributed by atoms with E-state index in [0.29, 0.717) is 11.5 Å². The van der Waals surface area contributed by atoms with E-state index in [1.807, 2.05) is 12.1 Å². The summed E-state index contributed by atoms with van der Waals surface area (Å²) >= 11 is 0. The molecule has 0 bridgehead atoms. The van der Waals surface area contributed by atoms with Gasteiger partial charge in [0.05, 0.1) is 0 Å². The second kappa shape index (κ2) is 9.29. The fraction of sp³-hybridized carbons (Fsp3) is 0.478. The lowest BCUT2D eigenvalue weighted by Crippen LogP contribution is -2.13. The maximum atomic E-state index is 13.9. The minimum absolute atomic E-state index is 0.422. The number of unbranched alkanes of at least 4 members (excludes halogenated alkanes) is 1. The van der Waals surface area contributed by atoms with Crippen LogP contribution < -0.4 is 4.74 Å². The largest absolute Gasteiger partial charge is 0.457 e. The lowest BCUT2D eigenvalue weighted by atomic mass is 9.77. The van der Waals surface area contributed by atoms with Gasteiger partial charge in [-0.3, -0.25) is 0 Å². The van der Waals surface area contributed by atoms with Crippen molar-refractivity contribution in [1.82, 2.24) is 0 Å². The first-order chi connectivity index (χ1) is 13.1. The fourth-order valence-electron chi connectivity index (χ4n) is 4.14. The van der Waals surface area contributed by atoms with Gasteiger partial charge in [0.25, 0.3) is 0 Å². The summed E-state index contributed by atoms with van der Waals surface area (Å²) < 4.78 is 44.5. The molecular weight excluding hydrogens is 349 g/mol. The van der Waals surface area contributed by atoms with Gasteiger partial charge in [-0.15, -0.1) is 0 Å². The Hall–Kier alpha value is -1.97. The monoisotopic (exact) mass is 376 g/mol. The van der Waals surface area contributed by atoms with Crippen LogP contribution in [0.4, 0.5) is 13.2 Å². The first kappa shape index (κ1) is 19.8. The molecule has 0 heterocycles. The molecule has 0 unspecified atom stereocenters. The van der Waals surface area contributed by atoms with Gasteiger partial charge in [-0.2, -0.15) is 0 Å². The second-order valence-corrected chi connectivity index (χ2v) is 7.50. The van der Waals surface area contributed by atoms with Crippen molar-refractivity contribution >= 4 is 0 Å². The molecule has 0 spiro atoms. The van der Waals surface area contributed by atoms with Crippen molar-refractivity contribution < 1.29 is 17.9 Å². The number of halogens is 3. The van der Waals surface area contributed by atoms with Crippen LogP contribution >= 0.6 is 0 Å². The van der Waals surface area contributed by atoms with E-state index < -0.39 is 24.2 Å². The standard InChI is InChI=1S/C23H27F3O/c1-2-3-4-16-5-7-17(8-6-16)18-9-11-19(12-10-18)20-13-21(25)23(27-15-24)22(26)14-20/h9-14,16-17H,2-8,15H2,1H3. The first-order valence-corrected chi connectivity index (χ1v) is 9.90. The topological polar surface area (TPSA) is 9.23 Å². The summed E-state index contributed by atoms with van der Waals surface area (Å²) in [5.74, 6) is -1.01. The van der Waals surface area contributed by atoms with Gasteiger partial charge in [0.2, 0.25) is 6.86 Å². The van der Waals surface area contributed by atoms with Crippen molar-refractivity contribution in [3.05, 3.63) is 53.6 Å². The normalized spacial score (nSPS) is 19.9. The molecule has 0 atom stereocenters. The number of ether oxygens (including phenoxy) is 1. The highest BCUT2D eigenvalue weighted by molar-refractivity contribution is 5.65. The van der Waals surface area contributed by atoms with Crippen molar-refractivity contribution in [2.45, 2.75) is 57.8 Å². The van der Waals surface area contributed by atoms with E-state index in [1.54, 1.807) is 0 Å². The summed E-state index contributed by atoms with van der Waals surface area (Å²) in [5, 5.41) is 0. The molecule has 0 saturated heterocycles. The molecule has 2 aromatic carbocycles. The molecule has 0 N–H and O–H groups in total. The molecule has 146 valence electrons. The molecule has 3 rings (SSSR count). The second-order valence-electron chi connectivity index (χ2n) is 7.50. The molecule has 1 fully saturated rings. The van der Waals surface area contributed by atoms with Gasteiger partial charge in [0, 0.05) is 0 Å². The zero-order valence-electron chi connectivity index (χ0n) is 15.8. The third-order valence-electron chi connectivity index (χ3n) is 5.73. The lowest BCUT2D eigenvalue weighted by Gasteiger charge is -2.29. The Labute approximate surface area is 159 Å². The van der Waals surface area contributed by atoms with Crippen molar-refractivity contribution in [2.75, 3.05) is 6.86 Å². The molecule has 0 radical (unpaired) electrons. The summed E-state index contributed by atoms with van der Waals surface area (Å²) in [7, 11) is 0. The Balaban J connectivity index is 1.68. The average molecular weight is 376 g/mol. The predicted molar refractivity (Wildman–Crippen MR) is 103 cm³/mol. The molecule has 1 aliphatic rings. The molecule has 27 heavy (non-hydrogen) atoms. The number of benzene rings is 2. The van der Waals surface area contributed by atoms with E-state index in [9.17, 15) is 13.2 Å². The predicted octanol–water partition coefficient (Wildman–Crippen LogP) is 7.40. The summed E-state index contributed by atoms with van der Waals surface area (Å²) in [6.45, 7) is 0.981. The van der Waals surface area contributed by atoms with Crippen LogP contribution in [0, 0.1) is 17.6 Å². The Morgan fingerprint density at radius 1 is 0.926 bits per heavy atom. The molecule has 1 nitrogen and oxygen atoms in total. The summed E-state index contributed by atoms with van der Waals surface area (Å²) in [6.07, 6.45) is 8.95. The minimum Gasteiger partial charge on any atom is -0.457 e. The number of hydrogen-bond donors (Lipinski definition) is 0. The molecule has 4 heteroatoms. The third kappa shape index (κ3) is 4.85. The van der Waals surface area contributed by atoms with Crippen LogP contribution in [0.3, 0.4) is 0 Å². The zero-order valence-corrected chi connectivity index (χ0v) is 15.8. The van der Waals surface area contributed by atoms with Gasteiger partial charge in [-0.1, -0.05) is 50.5 Å². The van der Waals surface area contributed by atoms with Gasteiger partial charge < -0.3 is 4.74 Å². The van der Waals surface area contributed by atoms with E-state index in [-0.39, 0.29) is 0 Å². The maximum absolute atomic E-state index is 13.9. The smallest absolute Gasteiger partial charge is 0.228 e. The highest BCUT2D eigenvalue weighted by Gasteiger charge is 2.22. The Morgan fingerprint density at radius 2 is 1.56 bits per heavy atom. The van der Waals surface area contributed by atoms with E-state index in [1.165, 1.54) is 62.6 Å². The fourth-order valence-corrected chi connectivity index (χ4v) is 4.14. The molecule has 0 aromatic heterocycles. The van der Waals surface area contributed by atoms with Gasteiger partial charge in [0.1, 0.15) is 0 Å². The van der Waals surface area contributed by atoms with Gasteiger partial charge in [-0.05, 0) is 66.3 Å². The average Bonchev–Trinajstić information content (AvgIpc) is 2.69. The van der Waals surface area contributed by atoms with E-state index in [2.05, 4.69) is 23.8 Å². The molecule has 1 saturated carbocycles. The molecule has 1 aliphatic carbocycles. The lowest BCUT2D eigenvalue weighted by molar-refractivity contribution is 0.176. The van der Waals surface area contributed by atoms with Crippen LogP contribution in [0.2, 0.25) is 0 Å². The van der Waals surface area contributed by atoms with E-state index in [4.69, 9.17) is 0 Å². The number of rotatable bonds is 7. The number of hydrogen-bond acceptors (Lipinski definition) is 1. The van der Waals surface area contributed by atoms with Crippen LogP contribution in [0.15, 0.2) is 36.4 Å². The van der Waals surface area contributed by atoms with Gasteiger partial charge in [0.15, 0.2) is 17.4 Å². The quantitative estimate of drug-likeness (QED) is 0.489. The molecule has 0 amide bonds. The van der Waals surface area contributed by atoms with Crippen molar-refractivity contribution in [3.63, 3.8) is 0 Å². The van der Waals surface area contributed by atoms with Crippen molar-refractivity contribution in [3.8, 4) is 16.9 Å². The summed E-state index contributed by atoms with van der Waals surface area (Å²) in [6, 6.07) is 10.3. The summed E-state index contributed by atoms with van der Waals surface area (Å²) in [5.41, 5.74) is 2.46. The van der Waals surface area contributed by atoms with Crippen LogP contribution in [0.5, 0.6) is 5.75 Å². The van der Waals surface area contributed by atoms with Gasteiger partial charge >= 0.3 is 0 Å². The molecule has 2 aromatic rings. The SMILES string of the molecule is CCCCC1CCC(c2ccc(-c3cc(F)c(OCF)c(F)c3)cc2)CC1. The first-order valence-electron chi connectivity index (χ1n) is 9.90. The zero-order chi connectivity index (χ0) is 19.2. The van der Waals surface area contributed by atoms with Crippen LogP contribution in [0.1, 0.15) is 63.4 Å². The maximum Gasteiger partial charge on any atom is 0.228 e. The van der Waals surface area contributed by atoms with Crippen molar-refractivity contribution in [1.29, 1.82) is 0 Å². The Bertz CT molecular complexity index is 711. The van der Waals surface area contributed by atoms with Crippen LogP contribution in [-0.2, 0) is 0 Å². The Kier molecular flexibility index (Phi) is 6.81. The van der Waals surface area contributed by atoms with Crippen molar-refractivity contribution in [2.24, 2.45) is 5.92 Å². The van der Waals surface area contributed by atoms with E-state index in [0.717, 1.165) is 11.5 Å². The minimum atomic E-state index is -1.26. The molecular formula is C23H27F3O. The summed E-state index contributed by atoms with van der Waals surface area (Å²) in [4.78, 5) is 0.